The molecule has 0 aliphatic heterocycles. The van der Waals surface area contributed by atoms with E-state index >= 15 is 0 Å². The van der Waals surface area contributed by atoms with Crippen molar-refractivity contribution in [1.29, 1.82) is 0 Å². The van der Waals surface area contributed by atoms with Crippen molar-refractivity contribution < 1.29 is 39.6 Å². The van der Waals surface area contributed by atoms with Gasteiger partial charge in [-0.2, -0.15) is 0 Å². The minimum absolute atomic E-state index is 0.105. The second-order valence-electron chi connectivity index (χ2n) is 4.07. The van der Waals surface area contributed by atoms with Crippen LogP contribution in [0.4, 0.5) is 0 Å². The molecule has 2 unspecified atom stereocenters. The zero-order valence-corrected chi connectivity index (χ0v) is 11.3. The number of carbonyl (C=O) groups is 4. The molecule has 0 spiro atoms. The Bertz CT molecular complexity index is 345. The molecule has 0 saturated heterocycles. The van der Waals surface area contributed by atoms with E-state index in [1.165, 1.54) is 0 Å². The van der Waals surface area contributed by atoms with E-state index < -0.39 is 47.9 Å². The van der Waals surface area contributed by atoms with Gasteiger partial charge in [0.2, 0.25) is 0 Å². The summed E-state index contributed by atoms with van der Waals surface area (Å²) in [5.41, 5.74) is 0. The van der Waals surface area contributed by atoms with Gasteiger partial charge in [-0.25, -0.2) is 0 Å². The predicted octanol–water partition coefficient (Wildman–Crippen LogP) is 0.603. The van der Waals surface area contributed by atoms with Crippen LogP contribution in [0.15, 0.2) is 0 Å². The van der Waals surface area contributed by atoms with Gasteiger partial charge in [-0.05, 0) is 18.6 Å². The van der Waals surface area contributed by atoms with Crippen LogP contribution in [0.25, 0.3) is 0 Å². The summed E-state index contributed by atoms with van der Waals surface area (Å²) in [5.74, 6) is -5.64. The zero-order valence-electron chi connectivity index (χ0n) is 10.5. The van der Waals surface area contributed by atoms with Gasteiger partial charge in [-0.3, -0.25) is 19.2 Å². The molecule has 4 N–H and O–H groups in total. The Kier molecular flexibility index (Phi) is 8.37. The largest absolute Gasteiger partial charge is 0.481 e. The van der Waals surface area contributed by atoms with E-state index in [-0.39, 0.29) is 12.2 Å². The Morgan fingerprint density at radius 2 is 1.40 bits per heavy atom. The van der Waals surface area contributed by atoms with Crippen molar-refractivity contribution in [2.24, 2.45) is 5.92 Å². The lowest BCUT2D eigenvalue weighted by atomic mass is 10.0. The first-order valence-corrected chi connectivity index (χ1v) is 6.79. The van der Waals surface area contributed by atoms with Gasteiger partial charge < -0.3 is 20.4 Å². The molecule has 0 heterocycles. The van der Waals surface area contributed by atoms with E-state index in [2.05, 4.69) is 0 Å². The van der Waals surface area contributed by atoms with E-state index in [0.29, 0.717) is 6.42 Å². The average molecular weight is 308 g/mol. The van der Waals surface area contributed by atoms with E-state index in [0.717, 1.165) is 11.8 Å². The van der Waals surface area contributed by atoms with Crippen LogP contribution in [0, 0.1) is 5.92 Å². The molecule has 0 bridgehead atoms. The van der Waals surface area contributed by atoms with Gasteiger partial charge in [0.15, 0.2) is 0 Å². The lowest BCUT2D eigenvalue weighted by molar-refractivity contribution is -0.148. The Hall–Kier alpha value is -1.77. The summed E-state index contributed by atoms with van der Waals surface area (Å²) >= 11 is 0.910. The monoisotopic (exact) mass is 308 g/mol. The molecule has 0 aromatic heterocycles. The molecule has 0 fully saturated rings. The maximum atomic E-state index is 10.8. The third-order valence-electron chi connectivity index (χ3n) is 2.42. The number of aliphatic carboxylic acids is 4. The Morgan fingerprint density at radius 1 is 0.850 bits per heavy atom. The fraction of sp³-hybridized carbons (Fsp3) is 0.636. The number of carboxylic acids is 4. The van der Waals surface area contributed by atoms with Gasteiger partial charge in [0.05, 0.1) is 18.8 Å². The third-order valence-corrected chi connectivity index (χ3v) is 3.72. The third kappa shape index (κ3) is 8.35. The Balaban J connectivity index is 4.13. The maximum absolute atomic E-state index is 10.8. The highest BCUT2D eigenvalue weighted by Crippen LogP contribution is 2.20. The summed E-state index contributed by atoms with van der Waals surface area (Å²) < 4.78 is 0. The van der Waals surface area contributed by atoms with Gasteiger partial charge in [0.1, 0.15) is 5.25 Å². The molecule has 0 aromatic rings. The van der Waals surface area contributed by atoms with Crippen LogP contribution in [0.1, 0.15) is 25.7 Å². The Morgan fingerprint density at radius 3 is 1.80 bits per heavy atom. The maximum Gasteiger partial charge on any atom is 0.317 e. The molecule has 2 atom stereocenters. The molecule has 0 aliphatic carbocycles. The van der Waals surface area contributed by atoms with Crippen LogP contribution >= 0.6 is 11.8 Å². The van der Waals surface area contributed by atoms with E-state index in [1.54, 1.807) is 0 Å². The van der Waals surface area contributed by atoms with Crippen molar-refractivity contribution in [2.75, 3.05) is 5.75 Å². The minimum Gasteiger partial charge on any atom is -0.481 e. The molecule has 0 amide bonds. The first-order chi connectivity index (χ1) is 9.23. The standard InChI is InChI=1S/C11H16O8S/c12-8(13)4-6(10(16)17)2-1-3-20-7(11(18)19)5-9(14)15/h6-7H,1-5H2,(H,12,13)(H,14,15)(H,16,17)(H,18,19). The number of rotatable bonds is 11. The van der Waals surface area contributed by atoms with Crippen LogP contribution in [0.3, 0.4) is 0 Å². The van der Waals surface area contributed by atoms with Crippen molar-refractivity contribution in [3.05, 3.63) is 0 Å². The molecular weight excluding hydrogens is 292 g/mol. The Labute approximate surface area is 118 Å². The summed E-state index contributed by atoms with van der Waals surface area (Å²) in [6, 6.07) is 0. The van der Waals surface area contributed by atoms with Crippen LogP contribution in [-0.2, 0) is 19.2 Å². The smallest absolute Gasteiger partial charge is 0.317 e. The highest BCUT2D eigenvalue weighted by Gasteiger charge is 2.23. The zero-order chi connectivity index (χ0) is 15.7. The van der Waals surface area contributed by atoms with E-state index in [4.69, 9.17) is 20.4 Å². The van der Waals surface area contributed by atoms with Gasteiger partial charge in [0, 0.05) is 0 Å². The van der Waals surface area contributed by atoms with Crippen LogP contribution in [-0.4, -0.2) is 55.3 Å². The highest BCUT2D eigenvalue weighted by molar-refractivity contribution is 8.00. The second kappa shape index (κ2) is 9.18. The van der Waals surface area contributed by atoms with Gasteiger partial charge >= 0.3 is 23.9 Å². The number of hydrogen-bond donors (Lipinski definition) is 4. The average Bonchev–Trinajstić information content (AvgIpc) is 2.29. The van der Waals surface area contributed by atoms with Gasteiger partial charge in [0.25, 0.3) is 0 Å². The van der Waals surface area contributed by atoms with Crippen molar-refractivity contribution in [1.82, 2.24) is 0 Å². The second-order valence-corrected chi connectivity index (χ2v) is 5.38. The summed E-state index contributed by atoms with van der Waals surface area (Å²) in [5, 5.41) is 33.6. The van der Waals surface area contributed by atoms with Crippen molar-refractivity contribution in [3.63, 3.8) is 0 Å². The van der Waals surface area contributed by atoms with Gasteiger partial charge in [-0.15, -0.1) is 11.8 Å². The highest BCUT2D eigenvalue weighted by atomic mass is 32.2. The minimum atomic E-state index is -1.24. The molecule has 0 aromatic carbocycles. The number of thioether (sulfide) groups is 1. The lowest BCUT2D eigenvalue weighted by Crippen LogP contribution is -2.21. The first kappa shape index (κ1) is 18.2. The van der Waals surface area contributed by atoms with Crippen molar-refractivity contribution in [2.45, 2.75) is 30.9 Å². The van der Waals surface area contributed by atoms with Crippen molar-refractivity contribution in [3.8, 4) is 0 Å². The molecule has 8 nitrogen and oxygen atoms in total. The number of hydrogen-bond acceptors (Lipinski definition) is 5. The molecule has 0 saturated carbocycles. The molecule has 0 radical (unpaired) electrons. The molecule has 0 aliphatic rings. The first-order valence-electron chi connectivity index (χ1n) is 5.74. The fourth-order valence-corrected chi connectivity index (χ4v) is 2.48. The normalized spacial score (nSPS) is 13.4. The van der Waals surface area contributed by atoms with Crippen LogP contribution < -0.4 is 0 Å². The quantitative estimate of drug-likeness (QED) is 0.402. The van der Waals surface area contributed by atoms with Crippen molar-refractivity contribution >= 4 is 35.6 Å². The summed E-state index contributed by atoms with van der Waals surface area (Å²) in [4.78, 5) is 42.4. The molecule has 0 rings (SSSR count). The summed E-state index contributed by atoms with van der Waals surface area (Å²) in [6.45, 7) is 0. The molecule has 114 valence electrons. The fourth-order valence-electron chi connectivity index (χ4n) is 1.46. The SMILES string of the molecule is O=C(O)CC(CCCSC(CC(=O)O)C(=O)O)C(=O)O. The van der Waals surface area contributed by atoms with Gasteiger partial charge in [-0.1, -0.05) is 0 Å². The lowest BCUT2D eigenvalue weighted by Gasteiger charge is -2.11. The summed E-state index contributed by atoms with van der Waals surface area (Å²) in [7, 11) is 0. The van der Waals surface area contributed by atoms with E-state index in [1.807, 2.05) is 0 Å². The van der Waals surface area contributed by atoms with E-state index in [9.17, 15) is 19.2 Å². The van der Waals surface area contributed by atoms with Crippen LogP contribution in [0.5, 0.6) is 0 Å². The predicted molar refractivity (Wildman–Crippen MR) is 68.7 cm³/mol. The molecular formula is C11H16O8S. The number of carboxylic acid groups (broad SMARTS) is 4. The molecule has 20 heavy (non-hydrogen) atoms. The summed E-state index contributed by atoms with van der Waals surface area (Å²) in [6.07, 6.45) is -0.596. The molecule has 9 heteroatoms. The topological polar surface area (TPSA) is 149 Å². The van der Waals surface area contributed by atoms with Crippen LogP contribution in [0.2, 0.25) is 0 Å².